The van der Waals surface area contributed by atoms with Gasteiger partial charge in [-0.2, -0.15) is 0 Å². The van der Waals surface area contributed by atoms with Gasteiger partial charge in [0.2, 0.25) is 0 Å². The van der Waals surface area contributed by atoms with Crippen LogP contribution in [0.3, 0.4) is 0 Å². The predicted octanol–water partition coefficient (Wildman–Crippen LogP) is 3.83. The maximum atomic E-state index is 8.92. The highest BCUT2D eigenvalue weighted by Gasteiger charge is 2.15. The number of nitrogens with zero attached hydrogens (tertiary/aromatic N) is 2. The second-order valence-electron chi connectivity index (χ2n) is 4.61. The summed E-state index contributed by atoms with van der Waals surface area (Å²) in [5.74, 6) is -0.00306. The topological polar surface area (TPSA) is 61.8 Å². The summed E-state index contributed by atoms with van der Waals surface area (Å²) in [4.78, 5) is 2.00. The zero-order chi connectivity index (χ0) is 15.4. The Labute approximate surface area is 136 Å². The van der Waals surface area contributed by atoms with E-state index in [2.05, 4.69) is 21.1 Å². The Morgan fingerprint density at radius 3 is 2.71 bits per heavy atom. The molecule has 0 unspecified atom stereocenters. The Balaban J connectivity index is 2.35. The Morgan fingerprint density at radius 2 is 2.05 bits per heavy atom. The minimum Gasteiger partial charge on any atom is -0.409 e. The van der Waals surface area contributed by atoms with E-state index in [4.69, 9.17) is 22.5 Å². The van der Waals surface area contributed by atoms with Gasteiger partial charge in [-0.15, -0.1) is 0 Å². The smallest absolute Gasteiger partial charge is 0.173 e. The van der Waals surface area contributed by atoms with Gasteiger partial charge in [0, 0.05) is 23.8 Å². The molecular formula is C15H15BrClN3O. The van der Waals surface area contributed by atoms with E-state index < -0.39 is 0 Å². The van der Waals surface area contributed by atoms with E-state index in [0.29, 0.717) is 17.1 Å². The third-order valence-corrected chi connectivity index (χ3v) is 3.88. The van der Waals surface area contributed by atoms with Crippen molar-refractivity contribution in [1.82, 2.24) is 0 Å². The zero-order valence-corrected chi connectivity index (χ0v) is 13.8. The van der Waals surface area contributed by atoms with Crippen LogP contribution in [0.15, 0.2) is 52.1 Å². The quantitative estimate of drug-likeness (QED) is 0.373. The number of benzene rings is 2. The molecular weight excluding hydrogens is 354 g/mol. The highest BCUT2D eigenvalue weighted by Crippen LogP contribution is 2.28. The molecule has 6 heteroatoms. The van der Waals surface area contributed by atoms with Crippen molar-refractivity contribution in [2.75, 3.05) is 11.9 Å². The maximum Gasteiger partial charge on any atom is 0.173 e. The second kappa shape index (κ2) is 6.83. The third-order valence-electron chi connectivity index (χ3n) is 3.08. The number of halogens is 2. The Kier molecular flexibility index (Phi) is 5.09. The maximum absolute atomic E-state index is 8.92. The number of hydrogen-bond donors (Lipinski definition) is 2. The van der Waals surface area contributed by atoms with E-state index in [1.165, 1.54) is 0 Å². The Hall–Kier alpha value is -1.72. The SMILES string of the molecule is CN(Cc1cccc(Br)c1)c1cccc(Cl)c1C(N)=NO. The molecule has 0 radical (unpaired) electrons. The number of rotatable bonds is 4. The number of amidine groups is 1. The van der Waals surface area contributed by atoms with Gasteiger partial charge in [-0.3, -0.25) is 0 Å². The van der Waals surface area contributed by atoms with Crippen LogP contribution in [-0.4, -0.2) is 18.1 Å². The largest absolute Gasteiger partial charge is 0.409 e. The molecule has 0 aromatic heterocycles. The Bertz CT molecular complexity index is 676. The van der Waals surface area contributed by atoms with Crippen molar-refractivity contribution in [3.63, 3.8) is 0 Å². The summed E-state index contributed by atoms with van der Waals surface area (Å²) in [7, 11) is 1.93. The van der Waals surface area contributed by atoms with Gasteiger partial charge in [-0.05, 0) is 29.8 Å². The summed E-state index contributed by atoms with van der Waals surface area (Å²) in [6.07, 6.45) is 0. The van der Waals surface area contributed by atoms with Crippen LogP contribution in [0.25, 0.3) is 0 Å². The van der Waals surface area contributed by atoms with E-state index in [1.807, 2.05) is 48.3 Å². The molecule has 4 nitrogen and oxygen atoms in total. The predicted molar refractivity (Wildman–Crippen MR) is 90.2 cm³/mol. The number of nitrogens with two attached hydrogens (primary N) is 1. The van der Waals surface area contributed by atoms with Gasteiger partial charge in [-0.25, -0.2) is 0 Å². The van der Waals surface area contributed by atoms with Gasteiger partial charge < -0.3 is 15.8 Å². The fraction of sp³-hybridized carbons (Fsp3) is 0.133. The van der Waals surface area contributed by atoms with Crippen LogP contribution in [0.4, 0.5) is 5.69 Å². The minimum atomic E-state index is -0.00306. The van der Waals surface area contributed by atoms with E-state index in [9.17, 15) is 0 Å². The van der Waals surface area contributed by atoms with Crippen LogP contribution in [-0.2, 0) is 6.54 Å². The lowest BCUT2D eigenvalue weighted by atomic mass is 10.1. The molecule has 2 aromatic rings. The first-order valence-corrected chi connectivity index (χ1v) is 7.42. The summed E-state index contributed by atoms with van der Waals surface area (Å²) in [6, 6.07) is 13.5. The van der Waals surface area contributed by atoms with Gasteiger partial charge in [0.1, 0.15) is 0 Å². The fourth-order valence-corrected chi connectivity index (χ4v) is 2.84. The summed E-state index contributed by atoms with van der Waals surface area (Å²) in [5.41, 5.74) is 8.20. The average Bonchev–Trinajstić information content (AvgIpc) is 2.46. The van der Waals surface area contributed by atoms with E-state index >= 15 is 0 Å². The van der Waals surface area contributed by atoms with Crippen LogP contribution in [0.2, 0.25) is 5.02 Å². The van der Waals surface area contributed by atoms with Gasteiger partial charge in [0.15, 0.2) is 5.84 Å². The molecule has 0 aliphatic heterocycles. The summed E-state index contributed by atoms with van der Waals surface area (Å²) in [5, 5.41) is 12.4. The molecule has 0 atom stereocenters. The highest BCUT2D eigenvalue weighted by atomic mass is 79.9. The van der Waals surface area contributed by atoms with Gasteiger partial charge >= 0.3 is 0 Å². The van der Waals surface area contributed by atoms with Crippen LogP contribution in [0, 0.1) is 0 Å². The van der Waals surface area contributed by atoms with Crippen molar-refractivity contribution in [2.24, 2.45) is 10.9 Å². The normalized spacial score (nSPS) is 11.5. The molecule has 0 heterocycles. The molecule has 2 aromatic carbocycles. The molecule has 0 aliphatic carbocycles. The molecule has 0 fully saturated rings. The average molecular weight is 369 g/mol. The summed E-state index contributed by atoms with van der Waals surface area (Å²) in [6.45, 7) is 0.672. The lowest BCUT2D eigenvalue weighted by Crippen LogP contribution is -2.23. The van der Waals surface area contributed by atoms with Crippen LogP contribution >= 0.6 is 27.5 Å². The van der Waals surface area contributed by atoms with E-state index in [-0.39, 0.29) is 5.84 Å². The van der Waals surface area contributed by atoms with Crippen molar-refractivity contribution in [2.45, 2.75) is 6.54 Å². The van der Waals surface area contributed by atoms with Crippen molar-refractivity contribution >= 4 is 39.1 Å². The Morgan fingerprint density at radius 1 is 1.33 bits per heavy atom. The lowest BCUT2D eigenvalue weighted by molar-refractivity contribution is 0.318. The first-order chi connectivity index (χ1) is 10.0. The number of hydrogen-bond acceptors (Lipinski definition) is 3. The standard InChI is InChI=1S/C15H15BrClN3O/c1-20(9-10-4-2-5-11(16)8-10)13-7-3-6-12(17)14(13)15(18)19-21/h2-8,21H,9H2,1H3,(H2,18,19). The van der Waals surface area contributed by atoms with Crippen molar-refractivity contribution in [3.8, 4) is 0 Å². The monoisotopic (exact) mass is 367 g/mol. The molecule has 21 heavy (non-hydrogen) atoms. The molecule has 0 saturated heterocycles. The van der Waals surface area contributed by atoms with Crippen LogP contribution in [0.1, 0.15) is 11.1 Å². The van der Waals surface area contributed by atoms with E-state index in [0.717, 1.165) is 15.7 Å². The second-order valence-corrected chi connectivity index (χ2v) is 5.93. The first-order valence-electron chi connectivity index (χ1n) is 6.25. The highest BCUT2D eigenvalue weighted by molar-refractivity contribution is 9.10. The van der Waals surface area contributed by atoms with Gasteiger partial charge in [0.25, 0.3) is 0 Å². The van der Waals surface area contributed by atoms with Crippen molar-refractivity contribution < 1.29 is 5.21 Å². The van der Waals surface area contributed by atoms with Crippen LogP contribution < -0.4 is 10.6 Å². The summed E-state index contributed by atoms with van der Waals surface area (Å²) < 4.78 is 1.02. The van der Waals surface area contributed by atoms with Gasteiger partial charge in [0.05, 0.1) is 10.6 Å². The molecule has 0 saturated carbocycles. The van der Waals surface area contributed by atoms with Gasteiger partial charge in [-0.1, -0.05) is 50.9 Å². The third kappa shape index (κ3) is 3.68. The number of anilines is 1. The molecule has 0 aliphatic rings. The fourth-order valence-electron chi connectivity index (χ4n) is 2.13. The molecule has 3 N–H and O–H groups in total. The minimum absolute atomic E-state index is 0.00306. The van der Waals surface area contributed by atoms with Crippen LogP contribution in [0.5, 0.6) is 0 Å². The van der Waals surface area contributed by atoms with Crippen molar-refractivity contribution in [1.29, 1.82) is 0 Å². The lowest BCUT2D eigenvalue weighted by Gasteiger charge is -2.23. The summed E-state index contributed by atoms with van der Waals surface area (Å²) >= 11 is 9.63. The number of oxime groups is 1. The molecule has 2 rings (SSSR count). The molecule has 0 bridgehead atoms. The molecule has 0 amide bonds. The van der Waals surface area contributed by atoms with E-state index in [1.54, 1.807) is 6.07 Å². The molecule has 110 valence electrons. The molecule has 0 spiro atoms. The first kappa shape index (κ1) is 15.7. The van der Waals surface area contributed by atoms with Crippen molar-refractivity contribution in [3.05, 3.63) is 63.1 Å². The zero-order valence-electron chi connectivity index (χ0n) is 11.4.